The molecule has 5 rings (SSSR count). The Kier molecular flexibility index (Phi) is 3.64. The molecule has 4 aliphatic rings. The van der Waals surface area contributed by atoms with Gasteiger partial charge in [-0.2, -0.15) is 0 Å². The van der Waals surface area contributed by atoms with E-state index in [9.17, 15) is 4.79 Å². The van der Waals surface area contributed by atoms with E-state index in [1.165, 1.54) is 30.4 Å². The minimum Gasteiger partial charge on any atom is -0.332 e. The maximum Gasteiger partial charge on any atom is 0.329 e. The lowest BCUT2D eigenvalue weighted by atomic mass is 9.45. The predicted octanol–water partition coefficient (Wildman–Crippen LogP) is 3.36. The van der Waals surface area contributed by atoms with Crippen molar-refractivity contribution in [2.75, 3.05) is 14.1 Å². The van der Waals surface area contributed by atoms with Gasteiger partial charge in [0.1, 0.15) is 0 Å². The summed E-state index contributed by atoms with van der Waals surface area (Å²) in [6.07, 6.45) is 7.34. The smallest absolute Gasteiger partial charge is 0.329 e. The highest BCUT2D eigenvalue weighted by Crippen LogP contribution is 2.62. The van der Waals surface area contributed by atoms with Crippen molar-refractivity contribution >= 4 is 6.03 Å². The van der Waals surface area contributed by atoms with Crippen LogP contribution in [0, 0.1) is 18.8 Å². The molecule has 2 amide bonds. The van der Waals surface area contributed by atoms with E-state index in [4.69, 9.17) is 0 Å². The Bertz CT molecular complexity index is 623. The normalized spacial score (nSPS) is 36.8. The molecule has 2 N–H and O–H groups in total. The summed E-state index contributed by atoms with van der Waals surface area (Å²) in [5.74, 6) is 1.51. The number of nitrogens with one attached hydrogen (secondary N) is 2. The molecular formula is C20H29N3O. The number of carbonyl (C=O) groups excluding carboxylic acids is 1. The molecule has 24 heavy (non-hydrogen) atoms. The van der Waals surface area contributed by atoms with E-state index in [0.29, 0.717) is 0 Å². The Balaban J connectivity index is 1.62. The largest absolute Gasteiger partial charge is 0.332 e. The average Bonchev–Trinajstić information content (AvgIpc) is 2.44. The Hall–Kier alpha value is -1.55. The summed E-state index contributed by atoms with van der Waals surface area (Å²) in [5.41, 5.74) is 5.92. The molecule has 4 saturated carbocycles. The summed E-state index contributed by atoms with van der Waals surface area (Å²) < 4.78 is 0. The lowest BCUT2D eigenvalue weighted by Gasteiger charge is -2.62. The van der Waals surface area contributed by atoms with Gasteiger partial charge in [-0.3, -0.25) is 5.43 Å². The van der Waals surface area contributed by atoms with E-state index >= 15 is 0 Å². The number of benzene rings is 1. The molecule has 4 fully saturated rings. The molecule has 0 aliphatic heterocycles. The van der Waals surface area contributed by atoms with E-state index in [-0.39, 0.29) is 17.0 Å². The fourth-order valence-corrected chi connectivity index (χ4v) is 6.13. The third kappa shape index (κ3) is 2.71. The molecule has 0 unspecified atom stereocenters. The molecular weight excluding hydrogens is 298 g/mol. The number of hydrogen-bond acceptors (Lipinski definition) is 2. The van der Waals surface area contributed by atoms with Gasteiger partial charge in [-0.25, -0.2) is 9.80 Å². The molecule has 4 aliphatic carbocycles. The van der Waals surface area contributed by atoms with Crippen LogP contribution in [0.3, 0.4) is 0 Å². The number of nitrogens with zero attached hydrogens (tertiary/aromatic N) is 1. The molecule has 0 heterocycles. The van der Waals surface area contributed by atoms with Gasteiger partial charge in [0.15, 0.2) is 0 Å². The van der Waals surface area contributed by atoms with Gasteiger partial charge in [0.05, 0.1) is 0 Å². The summed E-state index contributed by atoms with van der Waals surface area (Å²) in [4.78, 5) is 12.4. The van der Waals surface area contributed by atoms with Crippen molar-refractivity contribution in [2.45, 2.75) is 56.4 Å². The van der Waals surface area contributed by atoms with Crippen LogP contribution in [0.4, 0.5) is 4.79 Å². The SMILES string of the molecule is Cc1ccc(C23C[C@@H]4C[C@H](CC(NC(=O)NN(C)C)(C4)C2)C3)cc1. The van der Waals surface area contributed by atoms with E-state index in [1.807, 2.05) is 14.1 Å². The van der Waals surface area contributed by atoms with Crippen LogP contribution in [0.2, 0.25) is 0 Å². The summed E-state index contributed by atoms with van der Waals surface area (Å²) in [6, 6.07) is 9.09. The van der Waals surface area contributed by atoms with Crippen LogP contribution in [-0.2, 0) is 5.41 Å². The molecule has 0 saturated heterocycles. The first-order valence-corrected chi connectivity index (χ1v) is 9.21. The van der Waals surface area contributed by atoms with E-state index in [1.54, 1.807) is 5.01 Å². The van der Waals surface area contributed by atoms with Crippen LogP contribution in [0.5, 0.6) is 0 Å². The van der Waals surface area contributed by atoms with Gasteiger partial charge < -0.3 is 5.32 Å². The van der Waals surface area contributed by atoms with Crippen LogP contribution >= 0.6 is 0 Å². The zero-order valence-corrected chi connectivity index (χ0v) is 15.1. The van der Waals surface area contributed by atoms with Gasteiger partial charge >= 0.3 is 6.03 Å². The fourth-order valence-electron chi connectivity index (χ4n) is 6.13. The van der Waals surface area contributed by atoms with Crippen LogP contribution < -0.4 is 10.7 Å². The molecule has 0 spiro atoms. The van der Waals surface area contributed by atoms with E-state index in [0.717, 1.165) is 31.1 Å². The number of carbonyl (C=O) groups is 1. The van der Waals surface area contributed by atoms with Gasteiger partial charge in [-0.05, 0) is 68.3 Å². The second-order valence-corrected chi connectivity index (χ2v) is 8.85. The minimum absolute atomic E-state index is 0.0188. The van der Waals surface area contributed by atoms with Crippen molar-refractivity contribution in [2.24, 2.45) is 11.8 Å². The van der Waals surface area contributed by atoms with Crippen LogP contribution in [-0.4, -0.2) is 30.7 Å². The van der Waals surface area contributed by atoms with Gasteiger partial charge in [0.25, 0.3) is 0 Å². The second kappa shape index (κ2) is 5.48. The molecule has 1 aromatic rings. The number of urea groups is 1. The van der Waals surface area contributed by atoms with E-state index in [2.05, 4.69) is 41.9 Å². The third-order valence-electron chi connectivity index (χ3n) is 6.43. The van der Waals surface area contributed by atoms with Crippen molar-refractivity contribution in [1.29, 1.82) is 0 Å². The van der Waals surface area contributed by atoms with Crippen molar-refractivity contribution in [1.82, 2.24) is 15.8 Å². The first-order valence-electron chi connectivity index (χ1n) is 9.21. The minimum atomic E-state index is -0.0546. The van der Waals surface area contributed by atoms with Crippen molar-refractivity contribution < 1.29 is 4.79 Å². The van der Waals surface area contributed by atoms with Crippen molar-refractivity contribution in [3.63, 3.8) is 0 Å². The topological polar surface area (TPSA) is 44.4 Å². The lowest BCUT2D eigenvalue weighted by molar-refractivity contribution is -0.0356. The number of hydrazine groups is 1. The first-order chi connectivity index (χ1) is 11.4. The van der Waals surface area contributed by atoms with E-state index < -0.39 is 0 Å². The molecule has 0 aromatic heterocycles. The van der Waals surface area contributed by atoms with Gasteiger partial charge in [-0.1, -0.05) is 29.8 Å². The Morgan fingerprint density at radius 3 is 2.29 bits per heavy atom. The second-order valence-electron chi connectivity index (χ2n) is 8.85. The highest BCUT2D eigenvalue weighted by Gasteiger charge is 2.58. The summed E-state index contributed by atoms with van der Waals surface area (Å²) in [6.45, 7) is 2.15. The number of hydrogen-bond donors (Lipinski definition) is 2. The number of amides is 2. The Labute approximate surface area is 145 Å². The molecule has 2 atom stereocenters. The Morgan fingerprint density at radius 1 is 1.08 bits per heavy atom. The summed E-state index contributed by atoms with van der Waals surface area (Å²) in [5, 5.41) is 5.08. The molecule has 4 nitrogen and oxygen atoms in total. The maximum absolute atomic E-state index is 12.4. The predicted molar refractivity (Wildman–Crippen MR) is 95.6 cm³/mol. The zero-order chi connectivity index (χ0) is 16.9. The lowest BCUT2D eigenvalue weighted by Crippen LogP contribution is -2.66. The summed E-state index contributed by atoms with van der Waals surface area (Å²) in [7, 11) is 3.71. The molecule has 4 bridgehead atoms. The van der Waals surface area contributed by atoms with Crippen LogP contribution in [0.25, 0.3) is 0 Å². The number of rotatable bonds is 3. The summed E-state index contributed by atoms with van der Waals surface area (Å²) >= 11 is 0. The standard InChI is InChI=1S/C20H29N3O/c1-14-4-6-17(7-5-14)19-9-15-8-16(10-19)12-20(11-15,13-19)21-18(24)22-23(2)3/h4-7,15-16H,8-13H2,1-3H3,(H2,21,22,24)/t15-,16-,19?,20?/m0/s1. The Morgan fingerprint density at radius 2 is 1.71 bits per heavy atom. The zero-order valence-electron chi connectivity index (χ0n) is 15.1. The molecule has 130 valence electrons. The highest BCUT2D eigenvalue weighted by molar-refractivity contribution is 5.74. The van der Waals surface area contributed by atoms with Crippen LogP contribution in [0.15, 0.2) is 24.3 Å². The fraction of sp³-hybridized carbons (Fsp3) is 0.650. The van der Waals surface area contributed by atoms with Gasteiger partial charge in [-0.15, -0.1) is 0 Å². The van der Waals surface area contributed by atoms with Crippen molar-refractivity contribution in [3.8, 4) is 0 Å². The monoisotopic (exact) mass is 327 g/mol. The van der Waals surface area contributed by atoms with Gasteiger partial charge in [0.2, 0.25) is 0 Å². The third-order valence-corrected chi connectivity index (χ3v) is 6.43. The van der Waals surface area contributed by atoms with Gasteiger partial charge in [0, 0.05) is 19.6 Å². The average molecular weight is 327 g/mol. The number of aryl methyl sites for hydroxylation is 1. The molecule has 4 heteroatoms. The first kappa shape index (κ1) is 15.9. The van der Waals surface area contributed by atoms with Crippen LogP contribution in [0.1, 0.15) is 49.7 Å². The molecule has 0 radical (unpaired) electrons. The van der Waals surface area contributed by atoms with Crippen molar-refractivity contribution in [3.05, 3.63) is 35.4 Å². The maximum atomic E-state index is 12.4. The highest BCUT2D eigenvalue weighted by atomic mass is 16.2. The molecule has 1 aromatic carbocycles. The quantitative estimate of drug-likeness (QED) is 0.836.